The molecule has 4 nitrogen and oxygen atoms in total. The Labute approximate surface area is 166 Å². The molecule has 1 fully saturated rings. The number of rotatable bonds is 4. The summed E-state index contributed by atoms with van der Waals surface area (Å²) in [6.07, 6.45) is 6.43. The zero-order valence-corrected chi connectivity index (χ0v) is 16.1. The van der Waals surface area contributed by atoms with E-state index >= 15 is 0 Å². The van der Waals surface area contributed by atoms with Crippen molar-refractivity contribution in [3.63, 3.8) is 0 Å². The summed E-state index contributed by atoms with van der Waals surface area (Å²) in [5.74, 6) is -1.48. The molecule has 146 valence electrons. The summed E-state index contributed by atoms with van der Waals surface area (Å²) in [5.41, 5.74) is 1.79. The number of aliphatic carboxylic acids is 1. The topological polar surface area (TPSA) is 57.6 Å². The van der Waals surface area contributed by atoms with E-state index in [1.807, 2.05) is 41.3 Å². The van der Waals surface area contributed by atoms with E-state index in [1.165, 1.54) is 5.56 Å². The lowest BCUT2D eigenvalue weighted by Gasteiger charge is -2.51. The van der Waals surface area contributed by atoms with Crippen molar-refractivity contribution in [2.75, 3.05) is 6.54 Å². The van der Waals surface area contributed by atoms with Gasteiger partial charge < -0.3 is 10.0 Å². The first-order chi connectivity index (χ1) is 13.6. The molecule has 28 heavy (non-hydrogen) atoms. The van der Waals surface area contributed by atoms with Gasteiger partial charge in [0.25, 0.3) is 5.91 Å². The van der Waals surface area contributed by atoms with Crippen LogP contribution in [0, 0.1) is 0 Å². The molecular formula is C24H27NO3. The SMILES string of the molecule is O=C(O)C1c2ccccc2C(=O)N(CCc2ccccc2)C12CCCCCC2. The summed E-state index contributed by atoms with van der Waals surface area (Å²) >= 11 is 0. The number of carbonyl (C=O) groups is 2. The van der Waals surface area contributed by atoms with Crippen molar-refractivity contribution in [1.82, 2.24) is 4.90 Å². The molecular weight excluding hydrogens is 350 g/mol. The third-order valence-electron chi connectivity index (χ3n) is 6.51. The lowest BCUT2D eigenvalue weighted by Crippen LogP contribution is -2.60. The molecule has 1 aliphatic carbocycles. The molecule has 1 aliphatic heterocycles. The Morgan fingerprint density at radius 3 is 2.29 bits per heavy atom. The van der Waals surface area contributed by atoms with E-state index in [4.69, 9.17) is 0 Å². The second-order valence-electron chi connectivity index (χ2n) is 8.07. The Balaban J connectivity index is 1.78. The maximum absolute atomic E-state index is 13.5. The molecule has 1 N–H and O–H groups in total. The fourth-order valence-electron chi connectivity index (χ4n) is 5.21. The Hall–Kier alpha value is -2.62. The average Bonchev–Trinajstić information content (AvgIpc) is 2.95. The number of hydrogen-bond acceptors (Lipinski definition) is 2. The summed E-state index contributed by atoms with van der Waals surface area (Å²) in [7, 11) is 0. The highest BCUT2D eigenvalue weighted by Gasteiger charge is 2.54. The normalized spacial score (nSPS) is 21.2. The van der Waals surface area contributed by atoms with Gasteiger partial charge in [-0.15, -0.1) is 0 Å². The van der Waals surface area contributed by atoms with Crippen LogP contribution in [0.3, 0.4) is 0 Å². The molecule has 1 spiro atoms. The summed E-state index contributed by atoms with van der Waals surface area (Å²) < 4.78 is 0. The van der Waals surface area contributed by atoms with Gasteiger partial charge in [0.1, 0.15) is 5.92 Å². The number of carbonyl (C=O) groups excluding carboxylic acids is 1. The van der Waals surface area contributed by atoms with Crippen LogP contribution >= 0.6 is 0 Å². The van der Waals surface area contributed by atoms with Crippen LogP contribution in [0.25, 0.3) is 0 Å². The highest BCUT2D eigenvalue weighted by atomic mass is 16.4. The third kappa shape index (κ3) is 3.21. The van der Waals surface area contributed by atoms with Crippen LogP contribution in [0.1, 0.15) is 65.9 Å². The van der Waals surface area contributed by atoms with E-state index in [0.717, 1.165) is 44.9 Å². The second-order valence-corrected chi connectivity index (χ2v) is 8.07. The fraction of sp³-hybridized carbons (Fsp3) is 0.417. The molecule has 4 rings (SSSR count). The lowest BCUT2D eigenvalue weighted by molar-refractivity contribution is -0.143. The van der Waals surface area contributed by atoms with Crippen LogP contribution in [-0.4, -0.2) is 34.0 Å². The van der Waals surface area contributed by atoms with Crippen LogP contribution in [0.5, 0.6) is 0 Å². The second kappa shape index (κ2) is 7.78. The number of carboxylic acids is 1. The van der Waals surface area contributed by atoms with Crippen LogP contribution in [0.2, 0.25) is 0 Å². The quantitative estimate of drug-likeness (QED) is 0.844. The Morgan fingerprint density at radius 2 is 1.61 bits per heavy atom. The Kier molecular flexibility index (Phi) is 5.21. The molecule has 4 heteroatoms. The van der Waals surface area contributed by atoms with Gasteiger partial charge in [-0.1, -0.05) is 74.2 Å². The van der Waals surface area contributed by atoms with Crippen molar-refractivity contribution in [3.05, 3.63) is 71.3 Å². The van der Waals surface area contributed by atoms with Crippen molar-refractivity contribution >= 4 is 11.9 Å². The average molecular weight is 377 g/mol. The smallest absolute Gasteiger partial charge is 0.313 e. The highest BCUT2D eigenvalue weighted by molar-refractivity contribution is 6.01. The van der Waals surface area contributed by atoms with Crippen molar-refractivity contribution < 1.29 is 14.7 Å². The van der Waals surface area contributed by atoms with Crippen molar-refractivity contribution in [1.29, 1.82) is 0 Å². The third-order valence-corrected chi connectivity index (χ3v) is 6.51. The number of carboxylic acid groups (broad SMARTS) is 1. The van der Waals surface area contributed by atoms with Gasteiger partial charge in [0, 0.05) is 12.1 Å². The number of nitrogens with zero attached hydrogens (tertiary/aromatic N) is 1. The summed E-state index contributed by atoms with van der Waals surface area (Å²) in [6.45, 7) is 0.557. The van der Waals surface area contributed by atoms with Crippen molar-refractivity contribution in [2.45, 2.75) is 56.4 Å². The van der Waals surface area contributed by atoms with Gasteiger partial charge in [-0.25, -0.2) is 0 Å². The largest absolute Gasteiger partial charge is 0.481 e. The maximum atomic E-state index is 13.5. The standard InChI is InChI=1S/C24H27NO3/c26-22-20-13-7-6-12-19(20)21(23(27)28)24(15-8-1-2-9-16-24)25(22)17-14-18-10-4-3-5-11-18/h3-7,10-13,21H,1-2,8-9,14-17H2,(H,27,28). The van der Waals surface area contributed by atoms with Gasteiger partial charge in [-0.05, 0) is 36.5 Å². The molecule has 0 bridgehead atoms. The van der Waals surface area contributed by atoms with Gasteiger partial charge in [0.15, 0.2) is 0 Å². The first-order valence-corrected chi connectivity index (χ1v) is 10.3. The predicted octanol–water partition coefficient (Wildman–Crippen LogP) is 4.65. The molecule has 1 atom stereocenters. The molecule has 1 saturated carbocycles. The first kappa shape index (κ1) is 18.7. The van der Waals surface area contributed by atoms with E-state index in [1.54, 1.807) is 6.07 Å². The van der Waals surface area contributed by atoms with Crippen LogP contribution in [0.15, 0.2) is 54.6 Å². The van der Waals surface area contributed by atoms with E-state index in [9.17, 15) is 14.7 Å². The Bertz CT molecular complexity index is 853. The van der Waals surface area contributed by atoms with E-state index in [0.29, 0.717) is 17.7 Å². The highest BCUT2D eigenvalue weighted by Crippen LogP contribution is 2.48. The van der Waals surface area contributed by atoms with E-state index < -0.39 is 17.4 Å². The summed E-state index contributed by atoms with van der Waals surface area (Å²) in [5, 5.41) is 10.2. The van der Waals surface area contributed by atoms with Crippen LogP contribution in [0.4, 0.5) is 0 Å². The Morgan fingerprint density at radius 1 is 0.964 bits per heavy atom. The minimum atomic E-state index is -0.813. The van der Waals surface area contributed by atoms with E-state index in [2.05, 4.69) is 12.1 Å². The molecule has 2 aromatic rings. The first-order valence-electron chi connectivity index (χ1n) is 10.3. The summed E-state index contributed by atoms with van der Waals surface area (Å²) in [6, 6.07) is 17.4. The van der Waals surface area contributed by atoms with E-state index in [-0.39, 0.29) is 5.91 Å². The van der Waals surface area contributed by atoms with Gasteiger partial charge in [0.2, 0.25) is 0 Å². The van der Waals surface area contributed by atoms with Crippen molar-refractivity contribution in [2.24, 2.45) is 0 Å². The monoisotopic (exact) mass is 377 g/mol. The molecule has 1 amide bonds. The minimum absolute atomic E-state index is 0.00840. The zero-order valence-electron chi connectivity index (χ0n) is 16.1. The van der Waals surface area contributed by atoms with Crippen LogP contribution in [-0.2, 0) is 11.2 Å². The number of amides is 1. The van der Waals surface area contributed by atoms with Crippen molar-refractivity contribution in [3.8, 4) is 0 Å². The van der Waals surface area contributed by atoms with Gasteiger partial charge in [-0.3, -0.25) is 9.59 Å². The molecule has 2 aliphatic rings. The number of fused-ring (bicyclic) bond motifs is 1. The van der Waals surface area contributed by atoms with Gasteiger partial charge >= 0.3 is 5.97 Å². The zero-order chi connectivity index (χ0) is 19.6. The summed E-state index contributed by atoms with van der Waals surface area (Å²) in [4.78, 5) is 27.9. The predicted molar refractivity (Wildman–Crippen MR) is 108 cm³/mol. The maximum Gasteiger partial charge on any atom is 0.313 e. The van der Waals surface area contributed by atoms with Gasteiger partial charge in [-0.2, -0.15) is 0 Å². The lowest BCUT2D eigenvalue weighted by atomic mass is 9.68. The molecule has 1 heterocycles. The molecule has 0 aromatic heterocycles. The molecule has 0 radical (unpaired) electrons. The molecule has 1 unspecified atom stereocenters. The van der Waals surface area contributed by atoms with Crippen LogP contribution < -0.4 is 0 Å². The minimum Gasteiger partial charge on any atom is -0.481 e. The number of hydrogen-bond donors (Lipinski definition) is 1. The molecule has 2 aromatic carbocycles. The number of benzene rings is 2. The van der Waals surface area contributed by atoms with Gasteiger partial charge in [0.05, 0.1) is 5.54 Å². The molecule has 0 saturated heterocycles. The fourth-order valence-corrected chi connectivity index (χ4v) is 5.21.